The molecule has 1 aliphatic rings. The van der Waals surface area contributed by atoms with Crippen molar-refractivity contribution in [3.05, 3.63) is 22.5 Å². The fourth-order valence-corrected chi connectivity index (χ4v) is 3.13. The molecule has 2 rings (SSSR count). The Hall–Kier alpha value is -0.960. The number of carboxylic acids is 1. The minimum atomic E-state index is -0.651. The summed E-state index contributed by atoms with van der Waals surface area (Å²) >= 11 is 6.12. The first kappa shape index (κ1) is 12.5. The van der Waals surface area contributed by atoms with Gasteiger partial charge in [0, 0.05) is 17.4 Å². The normalized spacial score (nSPS) is 24.9. The first-order valence-electron chi connectivity index (χ1n) is 6.07. The van der Waals surface area contributed by atoms with Gasteiger partial charge in [-0.25, -0.2) is 0 Å². The Labute approximate surface area is 106 Å². The Morgan fingerprint density at radius 1 is 1.35 bits per heavy atom. The molecule has 1 aliphatic carbocycles. The van der Waals surface area contributed by atoms with Gasteiger partial charge in [0.1, 0.15) is 0 Å². The van der Waals surface area contributed by atoms with E-state index in [9.17, 15) is 4.79 Å². The van der Waals surface area contributed by atoms with Crippen LogP contribution in [-0.2, 0) is 4.79 Å². The molecule has 94 valence electrons. The Morgan fingerprint density at radius 2 is 1.94 bits per heavy atom. The molecule has 1 aromatic heterocycles. The highest BCUT2D eigenvalue weighted by Crippen LogP contribution is 2.35. The molecule has 1 fully saturated rings. The van der Waals surface area contributed by atoms with E-state index in [0.29, 0.717) is 6.04 Å². The van der Waals surface area contributed by atoms with E-state index in [0.717, 1.165) is 36.4 Å². The van der Waals surface area contributed by atoms with Crippen molar-refractivity contribution in [1.29, 1.82) is 0 Å². The summed E-state index contributed by atoms with van der Waals surface area (Å²) in [5.41, 5.74) is 2.27. The van der Waals surface area contributed by atoms with Crippen molar-refractivity contribution in [1.82, 2.24) is 4.57 Å². The highest BCUT2D eigenvalue weighted by molar-refractivity contribution is 6.31. The van der Waals surface area contributed by atoms with Crippen LogP contribution in [0.4, 0.5) is 0 Å². The average Bonchev–Trinajstić information content (AvgIpc) is 2.53. The summed E-state index contributed by atoms with van der Waals surface area (Å²) in [4.78, 5) is 10.9. The maximum absolute atomic E-state index is 10.9. The molecule has 17 heavy (non-hydrogen) atoms. The van der Waals surface area contributed by atoms with E-state index in [2.05, 4.69) is 11.5 Å². The predicted octanol–water partition coefficient (Wildman–Crippen LogP) is 3.57. The standard InChI is InChI=1S/C13H18ClNO2/c1-8-7-12(14)9(2)15(8)11-5-3-10(4-6-11)13(16)17/h7,10-11H,3-6H2,1-2H3,(H,16,17). The van der Waals surface area contributed by atoms with Gasteiger partial charge < -0.3 is 9.67 Å². The van der Waals surface area contributed by atoms with E-state index < -0.39 is 5.97 Å². The van der Waals surface area contributed by atoms with Crippen LogP contribution < -0.4 is 0 Å². The molecule has 0 unspecified atom stereocenters. The maximum atomic E-state index is 10.9. The molecule has 1 N–H and O–H groups in total. The molecule has 0 bridgehead atoms. The van der Waals surface area contributed by atoms with Crippen molar-refractivity contribution in [3.8, 4) is 0 Å². The number of hydrogen-bond donors (Lipinski definition) is 1. The topological polar surface area (TPSA) is 42.2 Å². The second-order valence-electron chi connectivity index (χ2n) is 4.93. The second kappa shape index (κ2) is 4.73. The van der Waals surface area contributed by atoms with Crippen molar-refractivity contribution in [2.24, 2.45) is 5.92 Å². The molecule has 0 radical (unpaired) electrons. The number of aryl methyl sites for hydroxylation is 1. The highest BCUT2D eigenvalue weighted by Gasteiger charge is 2.28. The van der Waals surface area contributed by atoms with Crippen molar-refractivity contribution in [2.75, 3.05) is 0 Å². The molecular weight excluding hydrogens is 238 g/mol. The third-order valence-electron chi connectivity index (χ3n) is 3.83. The molecule has 3 nitrogen and oxygen atoms in total. The number of aromatic nitrogens is 1. The van der Waals surface area contributed by atoms with Gasteiger partial charge >= 0.3 is 5.97 Å². The summed E-state index contributed by atoms with van der Waals surface area (Å²) in [5.74, 6) is -0.805. The van der Waals surface area contributed by atoms with Gasteiger partial charge in [0.05, 0.1) is 10.9 Å². The minimum absolute atomic E-state index is 0.155. The third kappa shape index (κ3) is 2.34. The molecule has 0 aromatic carbocycles. The summed E-state index contributed by atoms with van der Waals surface area (Å²) in [6, 6.07) is 2.40. The largest absolute Gasteiger partial charge is 0.481 e. The summed E-state index contributed by atoms with van der Waals surface area (Å²) in [6.07, 6.45) is 3.41. The van der Waals surface area contributed by atoms with Gasteiger partial charge in [-0.15, -0.1) is 0 Å². The zero-order chi connectivity index (χ0) is 12.6. The first-order chi connectivity index (χ1) is 8.00. The molecule has 0 saturated heterocycles. The van der Waals surface area contributed by atoms with Crippen LogP contribution in [0.3, 0.4) is 0 Å². The van der Waals surface area contributed by atoms with Crippen molar-refractivity contribution >= 4 is 17.6 Å². The van der Waals surface area contributed by atoms with E-state index in [1.54, 1.807) is 0 Å². The molecule has 1 heterocycles. The monoisotopic (exact) mass is 255 g/mol. The van der Waals surface area contributed by atoms with Gasteiger partial charge in [-0.1, -0.05) is 11.6 Å². The van der Waals surface area contributed by atoms with Crippen LogP contribution in [0.2, 0.25) is 5.02 Å². The molecule has 4 heteroatoms. The van der Waals surface area contributed by atoms with Gasteiger partial charge in [-0.2, -0.15) is 0 Å². The Kier molecular flexibility index (Phi) is 3.48. The zero-order valence-corrected chi connectivity index (χ0v) is 11.0. The quantitative estimate of drug-likeness (QED) is 0.878. The molecular formula is C13H18ClNO2. The van der Waals surface area contributed by atoms with Crippen molar-refractivity contribution < 1.29 is 9.90 Å². The lowest BCUT2D eigenvalue weighted by atomic mass is 9.86. The Balaban J connectivity index is 2.13. The summed E-state index contributed by atoms with van der Waals surface area (Å²) in [6.45, 7) is 4.08. The lowest BCUT2D eigenvalue weighted by molar-refractivity contribution is -0.143. The summed E-state index contributed by atoms with van der Waals surface area (Å²) in [5, 5.41) is 9.79. The molecule has 0 atom stereocenters. The highest BCUT2D eigenvalue weighted by atomic mass is 35.5. The first-order valence-corrected chi connectivity index (χ1v) is 6.45. The number of carbonyl (C=O) groups is 1. The fraction of sp³-hybridized carbons (Fsp3) is 0.615. The molecule has 0 amide bonds. The second-order valence-corrected chi connectivity index (χ2v) is 5.34. The van der Waals surface area contributed by atoms with Crippen LogP contribution in [0.25, 0.3) is 0 Å². The maximum Gasteiger partial charge on any atom is 0.306 e. The van der Waals surface area contributed by atoms with Gasteiger partial charge in [-0.3, -0.25) is 4.79 Å². The summed E-state index contributed by atoms with van der Waals surface area (Å²) < 4.78 is 2.26. The predicted molar refractivity (Wildman–Crippen MR) is 67.5 cm³/mol. The number of rotatable bonds is 2. The lowest BCUT2D eigenvalue weighted by Crippen LogP contribution is -2.24. The Bertz CT molecular complexity index is 431. The summed E-state index contributed by atoms with van der Waals surface area (Å²) in [7, 11) is 0. The van der Waals surface area contributed by atoms with Crippen LogP contribution in [0, 0.1) is 19.8 Å². The van der Waals surface area contributed by atoms with Crippen LogP contribution in [0.1, 0.15) is 43.1 Å². The van der Waals surface area contributed by atoms with Crippen LogP contribution >= 0.6 is 11.6 Å². The molecule has 0 spiro atoms. The number of hydrogen-bond acceptors (Lipinski definition) is 1. The van der Waals surface area contributed by atoms with Crippen LogP contribution in [-0.4, -0.2) is 15.6 Å². The van der Waals surface area contributed by atoms with Gasteiger partial charge in [-0.05, 0) is 45.6 Å². The van der Waals surface area contributed by atoms with E-state index in [1.807, 2.05) is 13.0 Å². The van der Waals surface area contributed by atoms with Crippen LogP contribution in [0.5, 0.6) is 0 Å². The smallest absolute Gasteiger partial charge is 0.306 e. The molecule has 0 aliphatic heterocycles. The van der Waals surface area contributed by atoms with E-state index >= 15 is 0 Å². The van der Waals surface area contributed by atoms with E-state index in [-0.39, 0.29) is 5.92 Å². The molecule has 1 saturated carbocycles. The number of carboxylic acid groups (broad SMARTS) is 1. The third-order valence-corrected chi connectivity index (χ3v) is 4.22. The van der Waals surface area contributed by atoms with E-state index in [1.165, 1.54) is 5.69 Å². The average molecular weight is 256 g/mol. The SMILES string of the molecule is Cc1cc(Cl)c(C)n1C1CCC(C(=O)O)CC1. The zero-order valence-electron chi connectivity index (χ0n) is 10.2. The minimum Gasteiger partial charge on any atom is -0.481 e. The lowest BCUT2D eigenvalue weighted by Gasteiger charge is -2.29. The van der Waals surface area contributed by atoms with Gasteiger partial charge in [0.15, 0.2) is 0 Å². The van der Waals surface area contributed by atoms with Crippen LogP contribution in [0.15, 0.2) is 6.07 Å². The van der Waals surface area contributed by atoms with Crippen molar-refractivity contribution in [3.63, 3.8) is 0 Å². The number of halogens is 1. The van der Waals surface area contributed by atoms with Gasteiger partial charge in [0.25, 0.3) is 0 Å². The number of nitrogens with zero attached hydrogens (tertiary/aromatic N) is 1. The van der Waals surface area contributed by atoms with Gasteiger partial charge in [0.2, 0.25) is 0 Å². The fourth-order valence-electron chi connectivity index (χ4n) is 2.88. The molecule has 1 aromatic rings. The van der Waals surface area contributed by atoms with Crippen molar-refractivity contribution in [2.45, 2.75) is 45.6 Å². The Morgan fingerprint density at radius 3 is 2.35 bits per heavy atom. The number of aliphatic carboxylic acids is 1. The van der Waals surface area contributed by atoms with E-state index in [4.69, 9.17) is 16.7 Å².